The Morgan fingerprint density at radius 2 is 1.97 bits per heavy atom. The van der Waals surface area contributed by atoms with E-state index >= 15 is 0 Å². The predicted octanol–water partition coefficient (Wildman–Crippen LogP) is 6.42. The number of carbonyl (C=O) groups excluding carboxylic acids is 1. The molecule has 0 radical (unpaired) electrons. The first-order valence-electron chi connectivity index (χ1n) is 11.6. The lowest BCUT2D eigenvalue weighted by Crippen LogP contribution is -2.26. The summed E-state index contributed by atoms with van der Waals surface area (Å²) in [6, 6.07) is 7.74. The van der Waals surface area contributed by atoms with Gasteiger partial charge in [-0.2, -0.15) is 13.9 Å². The average Bonchev–Trinajstić information content (AvgIpc) is 3.50. The monoisotopic (exact) mass is 564 g/mol. The van der Waals surface area contributed by atoms with Crippen LogP contribution in [0.2, 0.25) is 10.0 Å². The molecule has 38 heavy (non-hydrogen) atoms. The summed E-state index contributed by atoms with van der Waals surface area (Å²) < 4.78 is 51.7. The van der Waals surface area contributed by atoms with E-state index in [9.17, 15) is 18.0 Å². The summed E-state index contributed by atoms with van der Waals surface area (Å²) in [6.07, 6.45) is 1.54. The van der Waals surface area contributed by atoms with E-state index in [0.29, 0.717) is 45.8 Å². The van der Waals surface area contributed by atoms with Gasteiger partial charge < -0.3 is 14.8 Å². The molecule has 0 fully saturated rings. The second-order valence-corrected chi connectivity index (χ2v) is 9.67. The zero-order chi connectivity index (χ0) is 27.1. The summed E-state index contributed by atoms with van der Waals surface area (Å²) in [5, 5.41) is 6.75. The van der Waals surface area contributed by atoms with Crippen molar-refractivity contribution in [3.05, 3.63) is 69.2 Å². The topological polar surface area (TPSA) is 78.3 Å². The van der Waals surface area contributed by atoms with E-state index in [-0.39, 0.29) is 39.3 Å². The summed E-state index contributed by atoms with van der Waals surface area (Å²) in [5.74, 6) is -0.209. The maximum Gasteiger partial charge on any atom is 0.333 e. The zero-order valence-electron chi connectivity index (χ0n) is 20.2. The number of pyridine rings is 1. The number of ether oxygens (including phenoxy) is 2. The van der Waals surface area contributed by atoms with Crippen LogP contribution in [-0.2, 0) is 6.42 Å². The highest BCUT2D eigenvalue weighted by atomic mass is 35.5. The van der Waals surface area contributed by atoms with Crippen molar-refractivity contribution >= 4 is 40.0 Å². The highest BCUT2D eigenvalue weighted by Gasteiger charge is 2.27. The van der Waals surface area contributed by atoms with E-state index in [1.165, 1.54) is 31.4 Å². The molecule has 1 amide bonds. The van der Waals surface area contributed by atoms with Crippen LogP contribution in [0.5, 0.6) is 11.5 Å². The standard InChI is InChI=1S/C26H21Cl2F3N4O3/c1-12-11-38-24-17(12)9-16(33-23(24)13-6-18(27)21(29)19(28)7-13)3-4-32-25(36)14-5-15-10-35(26(30)31)34-22(15)20(8-14)37-2/h5-10,12,26H,3-4,11H2,1-2H3,(H,32,36). The number of carbonyl (C=O) groups is 1. The molecule has 3 heterocycles. The van der Waals surface area contributed by atoms with E-state index < -0.39 is 18.3 Å². The van der Waals surface area contributed by atoms with Crippen LogP contribution in [0.25, 0.3) is 22.2 Å². The molecule has 1 aliphatic heterocycles. The minimum absolute atomic E-state index is 0.111. The molecule has 5 rings (SSSR count). The number of rotatable bonds is 7. The summed E-state index contributed by atoms with van der Waals surface area (Å²) >= 11 is 12.0. The number of methoxy groups -OCH3 is 1. The van der Waals surface area contributed by atoms with Crippen molar-refractivity contribution in [1.29, 1.82) is 0 Å². The fraction of sp³-hybridized carbons (Fsp3) is 0.269. The summed E-state index contributed by atoms with van der Waals surface area (Å²) in [4.78, 5) is 17.6. The van der Waals surface area contributed by atoms with Gasteiger partial charge in [-0.1, -0.05) is 30.1 Å². The van der Waals surface area contributed by atoms with Crippen molar-refractivity contribution in [2.75, 3.05) is 20.3 Å². The largest absolute Gasteiger partial charge is 0.494 e. The number of fused-ring (bicyclic) bond motifs is 2. The Hall–Kier alpha value is -3.50. The van der Waals surface area contributed by atoms with Crippen molar-refractivity contribution in [1.82, 2.24) is 20.1 Å². The maximum absolute atomic E-state index is 14.0. The van der Waals surface area contributed by atoms with Crippen molar-refractivity contribution in [2.24, 2.45) is 0 Å². The summed E-state index contributed by atoms with van der Waals surface area (Å²) in [5.41, 5.74) is 3.10. The van der Waals surface area contributed by atoms with E-state index in [1.807, 2.05) is 13.0 Å². The van der Waals surface area contributed by atoms with E-state index in [0.717, 1.165) is 11.8 Å². The second kappa shape index (κ2) is 10.3. The number of aromatic nitrogens is 3. The first-order chi connectivity index (χ1) is 18.2. The normalized spacial score (nSPS) is 14.6. The van der Waals surface area contributed by atoms with Gasteiger partial charge in [-0.15, -0.1) is 0 Å². The number of amides is 1. The number of hydrogen-bond acceptors (Lipinski definition) is 5. The number of halogens is 5. The fourth-order valence-corrected chi connectivity index (χ4v) is 4.84. The molecular formula is C26H21Cl2F3N4O3. The second-order valence-electron chi connectivity index (χ2n) is 8.86. The molecule has 0 saturated carbocycles. The average molecular weight is 565 g/mol. The maximum atomic E-state index is 14.0. The SMILES string of the molecule is COc1cc(C(=O)NCCc2cc3c(c(-c4cc(Cl)c(F)c(Cl)c4)n2)OCC3C)cc2cn(C(F)F)nc12. The van der Waals surface area contributed by atoms with Crippen LogP contribution >= 0.6 is 23.2 Å². The first kappa shape index (κ1) is 26.1. The van der Waals surface area contributed by atoms with Gasteiger partial charge in [0, 0.05) is 52.9 Å². The highest BCUT2D eigenvalue weighted by Crippen LogP contribution is 2.42. The van der Waals surface area contributed by atoms with Gasteiger partial charge in [0.15, 0.2) is 5.82 Å². The first-order valence-corrected chi connectivity index (χ1v) is 12.4. The minimum Gasteiger partial charge on any atom is -0.494 e. The lowest BCUT2D eigenvalue weighted by molar-refractivity contribution is 0.0573. The van der Waals surface area contributed by atoms with Crippen LogP contribution in [0.1, 0.15) is 41.0 Å². The number of hydrogen-bond donors (Lipinski definition) is 1. The molecule has 4 aromatic rings. The molecule has 2 aromatic heterocycles. The Morgan fingerprint density at radius 1 is 1.24 bits per heavy atom. The van der Waals surface area contributed by atoms with Crippen LogP contribution in [0.3, 0.4) is 0 Å². The zero-order valence-corrected chi connectivity index (χ0v) is 21.7. The lowest BCUT2D eigenvalue weighted by Gasteiger charge is -2.13. The Kier molecular flexibility index (Phi) is 7.11. The third kappa shape index (κ3) is 4.86. The third-order valence-corrected chi connectivity index (χ3v) is 6.81. The van der Waals surface area contributed by atoms with Gasteiger partial charge in [-0.3, -0.25) is 4.79 Å². The van der Waals surface area contributed by atoms with E-state index in [2.05, 4.69) is 10.4 Å². The van der Waals surface area contributed by atoms with Crippen molar-refractivity contribution in [3.8, 4) is 22.8 Å². The number of alkyl halides is 2. The van der Waals surface area contributed by atoms with Gasteiger partial charge >= 0.3 is 6.55 Å². The Balaban J connectivity index is 1.37. The molecule has 198 valence electrons. The van der Waals surface area contributed by atoms with E-state index in [1.54, 1.807) is 0 Å². The van der Waals surface area contributed by atoms with Crippen molar-refractivity contribution in [2.45, 2.75) is 25.8 Å². The van der Waals surface area contributed by atoms with Gasteiger partial charge in [0.05, 0.1) is 23.8 Å². The number of nitrogens with one attached hydrogen (secondary N) is 1. The molecular weight excluding hydrogens is 544 g/mol. The van der Waals surface area contributed by atoms with Gasteiger partial charge in [0.2, 0.25) is 0 Å². The van der Waals surface area contributed by atoms with Crippen molar-refractivity contribution < 1.29 is 27.4 Å². The molecule has 0 bridgehead atoms. The van der Waals surface area contributed by atoms with Crippen LogP contribution in [0, 0.1) is 5.82 Å². The fourth-order valence-electron chi connectivity index (χ4n) is 4.35. The van der Waals surface area contributed by atoms with Crippen LogP contribution in [0.15, 0.2) is 36.5 Å². The summed E-state index contributed by atoms with van der Waals surface area (Å²) in [7, 11) is 1.38. The quantitative estimate of drug-likeness (QED) is 0.262. The van der Waals surface area contributed by atoms with Crippen LogP contribution < -0.4 is 14.8 Å². The molecule has 0 aliphatic carbocycles. The minimum atomic E-state index is -2.82. The molecule has 1 unspecified atom stereocenters. The molecule has 12 heteroatoms. The lowest BCUT2D eigenvalue weighted by atomic mass is 9.99. The predicted molar refractivity (Wildman–Crippen MR) is 137 cm³/mol. The molecule has 0 saturated heterocycles. The Morgan fingerprint density at radius 3 is 2.66 bits per heavy atom. The molecule has 1 aliphatic rings. The van der Waals surface area contributed by atoms with Crippen molar-refractivity contribution in [3.63, 3.8) is 0 Å². The number of nitrogens with zero attached hydrogens (tertiary/aromatic N) is 3. The Labute approximate surface area is 225 Å². The molecule has 1 N–H and O–H groups in total. The van der Waals surface area contributed by atoms with Gasteiger partial charge in [0.25, 0.3) is 5.91 Å². The van der Waals surface area contributed by atoms with Gasteiger partial charge in [0.1, 0.15) is 22.7 Å². The number of benzene rings is 2. The van der Waals surface area contributed by atoms with E-state index in [4.69, 9.17) is 37.7 Å². The third-order valence-electron chi connectivity index (χ3n) is 6.26. The smallest absolute Gasteiger partial charge is 0.333 e. The van der Waals surface area contributed by atoms with Gasteiger partial charge in [-0.05, 0) is 30.3 Å². The summed E-state index contributed by atoms with van der Waals surface area (Å²) in [6.45, 7) is -0.0877. The molecule has 2 aromatic carbocycles. The Bertz CT molecular complexity index is 1540. The van der Waals surface area contributed by atoms with Crippen LogP contribution in [-0.4, -0.2) is 40.9 Å². The molecule has 7 nitrogen and oxygen atoms in total. The van der Waals surface area contributed by atoms with Crippen LogP contribution in [0.4, 0.5) is 13.2 Å². The van der Waals surface area contributed by atoms with Gasteiger partial charge in [-0.25, -0.2) is 14.1 Å². The molecule has 0 spiro atoms. The highest BCUT2D eigenvalue weighted by molar-refractivity contribution is 6.35. The molecule has 1 atom stereocenters.